The van der Waals surface area contributed by atoms with Gasteiger partial charge in [0.05, 0.1) is 5.60 Å². The fourth-order valence-corrected chi connectivity index (χ4v) is 2.90. The van der Waals surface area contributed by atoms with Crippen LogP contribution in [-0.2, 0) is 16.0 Å². The van der Waals surface area contributed by atoms with E-state index in [2.05, 4.69) is 0 Å². The van der Waals surface area contributed by atoms with E-state index in [1.54, 1.807) is 7.05 Å². The van der Waals surface area contributed by atoms with Gasteiger partial charge < -0.3 is 19.8 Å². The Morgan fingerprint density at radius 3 is 2.50 bits per heavy atom. The molecule has 1 aliphatic rings. The number of ether oxygens (including phenoxy) is 1. The monoisotopic (exact) mass is 307 g/mol. The summed E-state index contributed by atoms with van der Waals surface area (Å²) in [6.07, 6.45) is 1.26. The molecular formula is C17H25NO4. The first-order valence-corrected chi connectivity index (χ1v) is 7.64. The SMILES string of the molecule is CN(CC1(O)CCOCC1)C(=O)C(C)(O)Cc1ccccc1. The number of rotatable bonds is 5. The molecule has 1 atom stereocenters. The van der Waals surface area contributed by atoms with E-state index in [-0.39, 0.29) is 18.9 Å². The van der Waals surface area contributed by atoms with E-state index in [4.69, 9.17) is 4.74 Å². The highest BCUT2D eigenvalue weighted by atomic mass is 16.5. The molecule has 0 spiro atoms. The minimum Gasteiger partial charge on any atom is -0.388 e. The molecule has 1 saturated heterocycles. The van der Waals surface area contributed by atoms with Gasteiger partial charge in [0, 0.05) is 46.1 Å². The van der Waals surface area contributed by atoms with Gasteiger partial charge in [-0.25, -0.2) is 0 Å². The van der Waals surface area contributed by atoms with Crippen molar-refractivity contribution in [1.82, 2.24) is 4.90 Å². The van der Waals surface area contributed by atoms with E-state index in [1.165, 1.54) is 11.8 Å². The van der Waals surface area contributed by atoms with Gasteiger partial charge in [-0.2, -0.15) is 0 Å². The highest BCUT2D eigenvalue weighted by molar-refractivity contribution is 5.84. The van der Waals surface area contributed by atoms with Crippen LogP contribution >= 0.6 is 0 Å². The highest BCUT2D eigenvalue weighted by Gasteiger charge is 2.38. The van der Waals surface area contributed by atoms with Crippen molar-refractivity contribution in [2.45, 2.75) is 37.4 Å². The molecule has 0 radical (unpaired) electrons. The molecule has 2 N–H and O–H groups in total. The first-order chi connectivity index (χ1) is 10.3. The molecule has 1 unspecified atom stereocenters. The average molecular weight is 307 g/mol. The van der Waals surface area contributed by atoms with Gasteiger partial charge in [0.2, 0.25) is 0 Å². The fourth-order valence-electron chi connectivity index (χ4n) is 2.90. The van der Waals surface area contributed by atoms with Crippen LogP contribution in [0.3, 0.4) is 0 Å². The first kappa shape index (κ1) is 16.9. The van der Waals surface area contributed by atoms with Gasteiger partial charge in [-0.1, -0.05) is 30.3 Å². The lowest BCUT2D eigenvalue weighted by Gasteiger charge is -2.37. The molecule has 1 heterocycles. The zero-order valence-electron chi connectivity index (χ0n) is 13.3. The van der Waals surface area contributed by atoms with E-state index in [0.717, 1.165) is 5.56 Å². The minimum atomic E-state index is -1.49. The average Bonchev–Trinajstić information content (AvgIpc) is 2.47. The molecule has 0 saturated carbocycles. The summed E-state index contributed by atoms with van der Waals surface area (Å²) >= 11 is 0. The molecular weight excluding hydrogens is 282 g/mol. The standard InChI is InChI=1S/C17H25NO4/c1-16(20,12-14-6-4-3-5-7-14)15(19)18(2)13-17(21)8-10-22-11-9-17/h3-7,20-21H,8-13H2,1-2H3. The van der Waals surface area contributed by atoms with Crippen LogP contribution in [0.2, 0.25) is 0 Å². The zero-order chi connectivity index (χ0) is 16.2. The van der Waals surface area contributed by atoms with Crippen molar-refractivity contribution in [1.29, 1.82) is 0 Å². The summed E-state index contributed by atoms with van der Waals surface area (Å²) in [5.41, 5.74) is -1.51. The van der Waals surface area contributed by atoms with Crippen LogP contribution in [0, 0.1) is 0 Å². The van der Waals surface area contributed by atoms with Gasteiger partial charge in [-0.05, 0) is 12.5 Å². The van der Waals surface area contributed by atoms with Crippen molar-refractivity contribution in [3.05, 3.63) is 35.9 Å². The van der Waals surface area contributed by atoms with E-state index >= 15 is 0 Å². The maximum atomic E-state index is 12.5. The number of hydrogen-bond acceptors (Lipinski definition) is 4. The molecule has 1 amide bonds. The fraction of sp³-hybridized carbons (Fsp3) is 0.588. The van der Waals surface area contributed by atoms with E-state index in [9.17, 15) is 15.0 Å². The van der Waals surface area contributed by atoms with Crippen molar-refractivity contribution in [2.75, 3.05) is 26.8 Å². The quantitative estimate of drug-likeness (QED) is 0.851. The van der Waals surface area contributed by atoms with Crippen molar-refractivity contribution >= 4 is 5.91 Å². The number of nitrogens with zero attached hydrogens (tertiary/aromatic N) is 1. The summed E-state index contributed by atoms with van der Waals surface area (Å²) in [5, 5.41) is 21.0. The predicted molar refractivity (Wildman–Crippen MR) is 83.4 cm³/mol. The predicted octanol–water partition coefficient (Wildman–Crippen LogP) is 0.980. The molecule has 2 rings (SSSR count). The van der Waals surface area contributed by atoms with Crippen molar-refractivity contribution in [3.63, 3.8) is 0 Å². The lowest BCUT2D eigenvalue weighted by Crippen LogP contribution is -2.53. The molecule has 5 heteroatoms. The van der Waals surface area contributed by atoms with Gasteiger partial charge in [-0.3, -0.25) is 4.79 Å². The van der Waals surface area contributed by atoms with Gasteiger partial charge in [0.15, 0.2) is 0 Å². The maximum absolute atomic E-state index is 12.5. The molecule has 0 aromatic heterocycles. The zero-order valence-corrected chi connectivity index (χ0v) is 13.3. The number of carbonyl (C=O) groups is 1. The smallest absolute Gasteiger partial charge is 0.254 e. The van der Waals surface area contributed by atoms with E-state index in [0.29, 0.717) is 26.1 Å². The Morgan fingerprint density at radius 2 is 1.91 bits per heavy atom. The Morgan fingerprint density at radius 1 is 1.32 bits per heavy atom. The molecule has 122 valence electrons. The first-order valence-electron chi connectivity index (χ1n) is 7.64. The second-order valence-electron chi connectivity index (χ2n) is 6.43. The van der Waals surface area contributed by atoms with E-state index < -0.39 is 11.2 Å². The molecule has 5 nitrogen and oxygen atoms in total. The van der Waals surface area contributed by atoms with Crippen LogP contribution < -0.4 is 0 Å². The second kappa shape index (κ2) is 6.77. The third-order valence-corrected chi connectivity index (χ3v) is 4.15. The molecule has 1 fully saturated rings. The number of likely N-dealkylation sites (N-methyl/N-ethyl adjacent to an activating group) is 1. The molecule has 0 bridgehead atoms. The topological polar surface area (TPSA) is 70.0 Å². The minimum absolute atomic E-state index is 0.208. The number of carbonyl (C=O) groups excluding carboxylic acids is 1. The molecule has 0 aliphatic carbocycles. The largest absolute Gasteiger partial charge is 0.388 e. The third kappa shape index (κ3) is 4.29. The Hall–Kier alpha value is -1.43. The van der Waals surface area contributed by atoms with Crippen LogP contribution in [0.25, 0.3) is 0 Å². The van der Waals surface area contributed by atoms with Gasteiger partial charge >= 0.3 is 0 Å². The summed E-state index contributed by atoms with van der Waals surface area (Å²) in [7, 11) is 1.62. The molecule has 1 aliphatic heterocycles. The van der Waals surface area contributed by atoms with Crippen molar-refractivity contribution in [2.24, 2.45) is 0 Å². The third-order valence-electron chi connectivity index (χ3n) is 4.15. The summed E-state index contributed by atoms with van der Waals surface area (Å²) in [6.45, 7) is 2.73. The summed E-state index contributed by atoms with van der Waals surface area (Å²) < 4.78 is 5.24. The number of benzene rings is 1. The molecule has 1 aromatic rings. The number of hydrogen-bond donors (Lipinski definition) is 2. The Labute approximate surface area is 131 Å². The van der Waals surface area contributed by atoms with Crippen LogP contribution in [0.15, 0.2) is 30.3 Å². The van der Waals surface area contributed by atoms with Crippen molar-refractivity contribution in [3.8, 4) is 0 Å². The van der Waals surface area contributed by atoms with Crippen LogP contribution in [0.5, 0.6) is 0 Å². The van der Waals surface area contributed by atoms with Gasteiger partial charge in [0.25, 0.3) is 5.91 Å². The van der Waals surface area contributed by atoms with Crippen molar-refractivity contribution < 1.29 is 19.7 Å². The Bertz CT molecular complexity index is 495. The van der Waals surface area contributed by atoms with Crippen LogP contribution in [-0.4, -0.2) is 59.0 Å². The summed E-state index contributed by atoms with van der Waals surface area (Å²) in [5.74, 6) is -0.378. The summed E-state index contributed by atoms with van der Waals surface area (Å²) in [6, 6.07) is 9.42. The Kier molecular flexibility index (Phi) is 5.21. The number of aliphatic hydroxyl groups is 2. The van der Waals surface area contributed by atoms with E-state index in [1.807, 2.05) is 30.3 Å². The highest BCUT2D eigenvalue weighted by Crippen LogP contribution is 2.23. The Balaban J connectivity index is 1.99. The van der Waals surface area contributed by atoms with Crippen LogP contribution in [0.1, 0.15) is 25.3 Å². The number of amides is 1. The van der Waals surface area contributed by atoms with Gasteiger partial charge in [0.1, 0.15) is 5.60 Å². The molecule has 22 heavy (non-hydrogen) atoms. The summed E-state index contributed by atoms with van der Waals surface area (Å²) in [4.78, 5) is 13.9. The normalized spacial score (nSPS) is 20.2. The molecule has 1 aromatic carbocycles. The second-order valence-corrected chi connectivity index (χ2v) is 6.43. The lowest BCUT2D eigenvalue weighted by molar-refractivity contribution is -0.154. The van der Waals surface area contributed by atoms with Crippen LogP contribution in [0.4, 0.5) is 0 Å². The lowest BCUT2D eigenvalue weighted by atomic mass is 9.91. The maximum Gasteiger partial charge on any atom is 0.254 e. The van der Waals surface area contributed by atoms with Gasteiger partial charge in [-0.15, -0.1) is 0 Å².